The van der Waals surface area contributed by atoms with Gasteiger partial charge < -0.3 is 14.5 Å². The van der Waals surface area contributed by atoms with E-state index in [4.69, 9.17) is 4.74 Å². The zero-order valence-corrected chi connectivity index (χ0v) is 12.0. The Balaban J connectivity index is 1.87. The van der Waals surface area contributed by atoms with Gasteiger partial charge in [-0.3, -0.25) is 9.59 Å². The first-order valence-electron chi connectivity index (χ1n) is 6.76. The van der Waals surface area contributed by atoms with Crippen molar-refractivity contribution in [3.63, 3.8) is 0 Å². The SMILES string of the molecule is CN(C)c1cccc(OCC(=O)N2CCC(=O)CC2)c1. The second-order valence-corrected chi connectivity index (χ2v) is 5.10. The molecule has 1 aliphatic rings. The van der Waals surface area contributed by atoms with Crippen molar-refractivity contribution in [1.29, 1.82) is 0 Å². The summed E-state index contributed by atoms with van der Waals surface area (Å²) in [5, 5.41) is 0. The molecule has 2 rings (SSSR count). The number of likely N-dealkylation sites (tertiary alicyclic amines) is 1. The minimum absolute atomic E-state index is 0.0189. The van der Waals surface area contributed by atoms with Gasteiger partial charge in [-0.2, -0.15) is 0 Å². The van der Waals surface area contributed by atoms with Gasteiger partial charge in [-0.25, -0.2) is 0 Å². The Hall–Kier alpha value is -2.04. The van der Waals surface area contributed by atoms with Crippen LogP contribution in [0.5, 0.6) is 5.75 Å². The van der Waals surface area contributed by atoms with E-state index in [-0.39, 0.29) is 18.3 Å². The van der Waals surface area contributed by atoms with Gasteiger partial charge in [-0.1, -0.05) is 6.07 Å². The van der Waals surface area contributed by atoms with Gasteiger partial charge in [0.05, 0.1) is 0 Å². The van der Waals surface area contributed by atoms with Crippen molar-refractivity contribution in [2.75, 3.05) is 38.7 Å². The first-order chi connectivity index (χ1) is 9.56. The average Bonchev–Trinajstić information content (AvgIpc) is 2.46. The minimum Gasteiger partial charge on any atom is -0.484 e. The topological polar surface area (TPSA) is 49.9 Å². The molecule has 0 unspecified atom stereocenters. The highest BCUT2D eigenvalue weighted by Gasteiger charge is 2.20. The minimum atomic E-state index is -0.0623. The van der Waals surface area contributed by atoms with Gasteiger partial charge in [0.1, 0.15) is 11.5 Å². The van der Waals surface area contributed by atoms with Gasteiger partial charge in [-0.05, 0) is 12.1 Å². The zero-order valence-electron chi connectivity index (χ0n) is 12.0. The molecular weight excluding hydrogens is 256 g/mol. The number of anilines is 1. The van der Waals surface area contributed by atoms with Crippen LogP contribution < -0.4 is 9.64 Å². The molecule has 108 valence electrons. The van der Waals surface area contributed by atoms with E-state index >= 15 is 0 Å². The van der Waals surface area contributed by atoms with E-state index in [0.717, 1.165) is 5.69 Å². The summed E-state index contributed by atoms with van der Waals surface area (Å²) in [5.41, 5.74) is 1.03. The highest BCUT2D eigenvalue weighted by Crippen LogP contribution is 2.19. The molecule has 0 spiro atoms. The first kappa shape index (κ1) is 14.4. The van der Waals surface area contributed by atoms with Crippen LogP contribution in [-0.4, -0.2) is 50.4 Å². The number of carbonyl (C=O) groups excluding carboxylic acids is 2. The number of ether oxygens (including phenoxy) is 1. The number of nitrogens with zero attached hydrogens (tertiary/aromatic N) is 2. The third-order valence-electron chi connectivity index (χ3n) is 3.37. The largest absolute Gasteiger partial charge is 0.484 e. The summed E-state index contributed by atoms with van der Waals surface area (Å²) in [4.78, 5) is 26.8. The number of piperidine rings is 1. The number of benzene rings is 1. The molecule has 0 radical (unpaired) electrons. The van der Waals surface area contributed by atoms with Crippen LogP contribution in [0.15, 0.2) is 24.3 Å². The molecule has 1 saturated heterocycles. The molecule has 5 nitrogen and oxygen atoms in total. The molecule has 0 aliphatic carbocycles. The molecule has 1 aromatic rings. The molecule has 0 bridgehead atoms. The van der Waals surface area contributed by atoms with Gasteiger partial charge in [0.15, 0.2) is 6.61 Å². The van der Waals surface area contributed by atoms with E-state index in [1.54, 1.807) is 4.90 Å². The Kier molecular flexibility index (Phi) is 4.61. The van der Waals surface area contributed by atoms with Crippen molar-refractivity contribution in [3.8, 4) is 5.75 Å². The summed E-state index contributed by atoms with van der Waals surface area (Å²) in [5.74, 6) is 0.846. The number of amides is 1. The lowest BCUT2D eigenvalue weighted by Crippen LogP contribution is -2.41. The Labute approximate surface area is 119 Å². The van der Waals surface area contributed by atoms with Crippen molar-refractivity contribution in [2.45, 2.75) is 12.8 Å². The van der Waals surface area contributed by atoms with Crippen LogP contribution in [0.3, 0.4) is 0 Å². The lowest BCUT2D eigenvalue weighted by atomic mass is 10.1. The third kappa shape index (κ3) is 3.73. The second-order valence-electron chi connectivity index (χ2n) is 5.10. The smallest absolute Gasteiger partial charge is 0.260 e. The summed E-state index contributed by atoms with van der Waals surface area (Å²) >= 11 is 0. The first-order valence-corrected chi connectivity index (χ1v) is 6.76. The fourth-order valence-electron chi connectivity index (χ4n) is 2.09. The number of hydrogen-bond acceptors (Lipinski definition) is 4. The Bertz CT molecular complexity index is 490. The van der Waals surface area contributed by atoms with E-state index < -0.39 is 0 Å². The Morgan fingerprint density at radius 1 is 1.30 bits per heavy atom. The zero-order chi connectivity index (χ0) is 14.5. The average molecular weight is 276 g/mol. The molecule has 1 aliphatic heterocycles. The van der Waals surface area contributed by atoms with Gasteiger partial charge >= 0.3 is 0 Å². The van der Waals surface area contributed by atoms with E-state index in [0.29, 0.717) is 31.7 Å². The monoisotopic (exact) mass is 276 g/mol. The lowest BCUT2D eigenvalue weighted by Gasteiger charge is -2.26. The lowest BCUT2D eigenvalue weighted by molar-refractivity contribution is -0.136. The number of Topliss-reactive ketones (excluding diaryl/α,β-unsaturated/α-hetero) is 1. The van der Waals surface area contributed by atoms with Crippen molar-refractivity contribution < 1.29 is 14.3 Å². The quantitative estimate of drug-likeness (QED) is 0.832. The van der Waals surface area contributed by atoms with Crippen molar-refractivity contribution in [1.82, 2.24) is 4.90 Å². The van der Waals surface area contributed by atoms with Crippen LogP contribution >= 0.6 is 0 Å². The molecule has 0 N–H and O–H groups in total. The predicted octanol–water partition coefficient (Wildman–Crippen LogP) is 1.32. The van der Waals surface area contributed by atoms with E-state index in [1.165, 1.54) is 0 Å². The van der Waals surface area contributed by atoms with Crippen LogP contribution in [0.25, 0.3) is 0 Å². The molecule has 20 heavy (non-hydrogen) atoms. The van der Waals surface area contributed by atoms with Crippen molar-refractivity contribution >= 4 is 17.4 Å². The maximum Gasteiger partial charge on any atom is 0.260 e. The Morgan fingerprint density at radius 3 is 2.65 bits per heavy atom. The van der Waals surface area contributed by atoms with Crippen LogP contribution in [0, 0.1) is 0 Å². The van der Waals surface area contributed by atoms with E-state index in [1.807, 2.05) is 43.3 Å². The number of ketones is 1. The van der Waals surface area contributed by atoms with Crippen LogP contribution in [0.1, 0.15) is 12.8 Å². The summed E-state index contributed by atoms with van der Waals surface area (Å²) in [6.45, 7) is 1.04. The summed E-state index contributed by atoms with van der Waals surface area (Å²) < 4.78 is 5.54. The van der Waals surface area contributed by atoms with Gasteiger partial charge in [0.2, 0.25) is 0 Å². The summed E-state index contributed by atoms with van der Waals surface area (Å²) in [7, 11) is 3.91. The molecule has 1 aromatic carbocycles. The van der Waals surface area contributed by atoms with Crippen LogP contribution in [0.2, 0.25) is 0 Å². The molecule has 0 atom stereocenters. The molecule has 0 saturated carbocycles. The van der Waals surface area contributed by atoms with E-state index in [9.17, 15) is 9.59 Å². The van der Waals surface area contributed by atoms with Gasteiger partial charge in [0, 0.05) is 51.8 Å². The molecule has 1 heterocycles. The standard InChI is InChI=1S/C15H20N2O3/c1-16(2)12-4-3-5-14(10-12)20-11-15(19)17-8-6-13(18)7-9-17/h3-5,10H,6-9,11H2,1-2H3. The number of hydrogen-bond donors (Lipinski definition) is 0. The Morgan fingerprint density at radius 2 is 2.00 bits per heavy atom. The third-order valence-corrected chi connectivity index (χ3v) is 3.37. The van der Waals surface area contributed by atoms with Crippen molar-refractivity contribution in [2.24, 2.45) is 0 Å². The number of carbonyl (C=O) groups is 2. The second kappa shape index (κ2) is 6.41. The normalized spacial score (nSPS) is 15.1. The maximum atomic E-state index is 12.0. The fourth-order valence-corrected chi connectivity index (χ4v) is 2.09. The fraction of sp³-hybridized carbons (Fsp3) is 0.467. The van der Waals surface area contributed by atoms with Gasteiger partial charge in [-0.15, -0.1) is 0 Å². The van der Waals surface area contributed by atoms with E-state index in [2.05, 4.69) is 0 Å². The highest BCUT2D eigenvalue weighted by atomic mass is 16.5. The molecule has 0 aromatic heterocycles. The highest BCUT2D eigenvalue weighted by molar-refractivity contribution is 5.84. The summed E-state index contributed by atoms with van der Waals surface area (Å²) in [6.07, 6.45) is 0.920. The predicted molar refractivity (Wildman–Crippen MR) is 77.1 cm³/mol. The molecule has 1 amide bonds. The molecule has 1 fully saturated rings. The summed E-state index contributed by atoms with van der Waals surface area (Å²) in [6, 6.07) is 7.60. The molecule has 5 heteroatoms. The van der Waals surface area contributed by atoms with Crippen molar-refractivity contribution in [3.05, 3.63) is 24.3 Å². The molecular formula is C15H20N2O3. The van der Waals surface area contributed by atoms with Gasteiger partial charge in [0.25, 0.3) is 5.91 Å². The maximum absolute atomic E-state index is 12.0. The number of rotatable bonds is 4. The van der Waals surface area contributed by atoms with Crippen LogP contribution in [0.4, 0.5) is 5.69 Å². The van der Waals surface area contributed by atoms with Crippen LogP contribution in [-0.2, 0) is 9.59 Å².